The zero-order chi connectivity index (χ0) is 18.5. The lowest BCUT2D eigenvalue weighted by molar-refractivity contribution is 0.222. The Labute approximate surface area is 153 Å². The SMILES string of the molecule is COc1ccc(C2CCN(C(=O)Nc3cccc(OC)c3OC)C2)cc1. The highest BCUT2D eigenvalue weighted by atomic mass is 16.5. The number of anilines is 1. The van der Waals surface area contributed by atoms with Gasteiger partial charge in [0.2, 0.25) is 0 Å². The van der Waals surface area contributed by atoms with Gasteiger partial charge in [0.1, 0.15) is 5.75 Å². The first-order valence-corrected chi connectivity index (χ1v) is 8.57. The molecule has 6 heteroatoms. The van der Waals surface area contributed by atoms with E-state index in [1.165, 1.54) is 5.56 Å². The van der Waals surface area contributed by atoms with Crippen molar-refractivity contribution in [2.75, 3.05) is 39.7 Å². The number of amides is 2. The van der Waals surface area contributed by atoms with Crippen LogP contribution in [0.4, 0.5) is 10.5 Å². The first-order valence-electron chi connectivity index (χ1n) is 8.57. The van der Waals surface area contributed by atoms with Gasteiger partial charge < -0.3 is 24.4 Å². The third kappa shape index (κ3) is 3.69. The van der Waals surface area contributed by atoms with E-state index in [0.717, 1.165) is 18.7 Å². The second-order valence-electron chi connectivity index (χ2n) is 6.18. The van der Waals surface area contributed by atoms with Crippen LogP contribution in [0.2, 0.25) is 0 Å². The molecule has 3 rings (SSSR count). The van der Waals surface area contributed by atoms with Gasteiger partial charge in [-0.25, -0.2) is 4.79 Å². The molecule has 0 aliphatic carbocycles. The molecule has 26 heavy (non-hydrogen) atoms. The minimum absolute atomic E-state index is 0.132. The van der Waals surface area contributed by atoms with Crippen molar-refractivity contribution in [3.05, 3.63) is 48.0 Å². The second kappa shape index (κ2) is 7.99. The minimum Gasteiger partial charge on any atom is -0.497 e. The van der Waals surface area contributed by atoms with Crippen LogP contribution in [0.15, 0.2) is 42.5 Å². The average molecular weight is 356 g/mol. The quantitative estimate of drug-likeness (QED) is 0.887. The van der Waals surface area contributed by atoms with Crippen LogP contribution >= 0.6 is 0 Å². The summed E-state index contributed by atoms with van der Waals surface area (Å²) in [5, 5.41) is 2.93. The van der Waals surface area contributed by atoms with Crippen LogP contribution in [0.25, 0.3) is 0 Å². The summed E-state index contributed by atoms with van der Waals surface area (Å²) in [5.74, 6) is 2.28. The molecular weight excluding hydrogens is 332 g/mol. The summed E-state index contributed by atoms with van der Waals surface area (Å²) in [6, 6.07) is 13.3. The number of ether oxygens (including phenoxy) is 3. The van der Waals surface area contributed by atoms with Crippen LogP contribution in [0.5, 0.6) is 17.2 Å². The lowest BCUT2D eigenvalue weighted by Gasteiger charge is -2.19. The van der Waals surface area contributed by atoms with E-state index in [2.05, 4.69) is 17.4 Å². The van der Waals surface area contributed by atoms with Crippen molar-refractivity contribution in [1.82, 2.24) is 4.90 Å². The van der Waals surface area contributed by atoms with Gasteiger partial charge in [0.25, 0.3) is 0 Å². The van der Waals surface area contributed by atoms with Gasteiger partial charge in [-0.05, 0) is 36.2 Å². The molecule has 1 saturated heterocycles. The summed E-state index contributed by atoms with van der Waals surface area (Å²) in [7, 11) is 4.79. The summed E-state index contributed by atoms with van der Waals surface area (Å²) >= 11 is 0. The molecule has 138 valence electrons. The highest BCUT2D eigenvalue weighted by Crippen LogP contribution is 2.35. The van der Waals surface area contributed by atoms with Crippen molar-refractivity contribution in [1.29, 1.82) is 0 Å². The number of urea groups is 1. The van der Waals surface area contributed by atoms with E-state index in [-0.39, 0.29) is 6.03 Å². The number of carbonyl (C=O) groups excluding carboxylic acids is 1. The maximum Gasteiger partial charge on any atom is 0.321 e. The van der Waals surface area contributed by atoms with Crippen molar-refractivity contribution in [3.63, 3.8) is 0 Å². The number of hydrogen-bond acceptors (Lipinski definition) is 4. The van der Waals surface area contributed by atoms with Crippen molar-refractivity contribution >= 4 is 11.7 Å². The molecule has 0 spiro atoms. The van der Waals surface area contributed by atoms with Gasteiger partial charge in [-0.15, -0.1) is 0 Å². The largest absolute Gasteiger partial charge is 0.497 e. The predicted molar refractivity (Wildman–Crippen MR) is 100 cm³/mol. The maximum absolute atomic E-state index is 12.7. The molecule has 0 saturated carbocycles. The lowest BCUT2D eigenvalue weighted by Crippen LogP contribution is -2.32. The fourth-order valence-corrected chi connectivity index (χ4v) is 3.27. The average Bonchev–Trinajstić information content (AvgIpc) is 3.18. The summed E-state index contributed by atoms with van der Waals surface area (Å²) in [4.78, 5) is 14.5. The number of nitrogens with one attached hydrogen (secondary N) is 1. The number of para-hydroxylation sites is 1. The zero-order valence-corrected chi connectivity index (χ0v) is 15.3. The number of benzene rings is 2. The van der Waals surface area contributed by atoms with Crippen molar-refractivity contribution < 1.29 is 19.0 Å². The Morgan fingerprint density at radius 1 is 1.04 bits per heavy atom. The van der Waals surface area contributed by atoms with Crippen LogP contribution in [0.1, 0.15) is 17.9 Å². The number of likely N-dealkylation sites (tertiary alicyclic amines) is 1. The van der Waals surface area contributed by atoms with E-state index in [0.29, 0.717) is 29.6 Å². The van der Waals surface area contributed by atoms with Gasteiger partial charge in [0.05, 0.1) is 27.0 Å². The number of nitrogens with zero attached hydrogens (tertiary/aromatic N) is 1. The van der Waals surface area contributed by atoms with Crippen LogP contribution in [0.3, 0.4) is 0 Å². The van der Waals surface area contributed by atoms with Gasteiger partial charge >= 0.3 is 6.03 Å². The summed E-state index contributed by atoms with van der Waals surface area (Å²) in [6.07, 6.45) is 0.939. The lowest BCUT2D eigenvalue weighted by atomic mass is 9.98. The first kappa shape index (κ1) is 17.9. The Bertz CT molecular complexity index is 761. The van der Waals surface area contributed by atoms with Crippen molar-refractivity contribution in [2.45, 2.75) is 12.3 Å². The Morgan fingerprint density at radius 2 is 1.81 bits per heavy atom. The molecule has 1 aliphatic heterocycles. The Balaban J connectivity index is 1.66. The molecule has 2 amide bonds. The van der Waals surface area contributed by atoms with Gasteiger partial charge in [-0.1, -0.05) is 18.2 Å². The Hall–Kier alpha value is -2.89. The third-order valence-electron chi connectivity index (χ3n) is 4.71. The number of carbonyl (C=O) groups is 1. The molecule has 6 nitrogen and oxygen atoms in total. The highest BCUT2D eigenvalue weighted by Gasteiger charge is 2.28. The van der Waals surface area contributed by atoms with Crippen LogP contribution in [0, 0.1) is 0 Å². The topological polar surface area (TPSA) is 60.0 Å². The number of methoxy groups -OCH3 is 3. The zero-order valence-electron chi connectivity index (χ0n) is 15.3. The minimum atomic E-state index is -0.132. The molecule has 1 fully saturated rings. The van der Waals surface area contributed by atoms with Gasteiger partial charge in [0, 0.05) is 19.0 Å². The summed E-state index contributed by atoms with van der Waals surface area (Å²) in [6.45, 7) is 1.40. The van der Waals surface area contributed by atoms with E-state index < -0.39 is 0 Å². The summed E-state index contributed by atoms with van der Waals surface area (Å²) < 4.78 is 15.9. The number of hydrogen-bond donors (Lipinski definition) is 1. The van der Waals surface area contributed by atoms with Gasteiger partial charge in [-0.2, -0.15) is 0 Å². The molecular formula is C20H24N2O4. The smallest absolute Gasteiger partial charge is 0.321 e. The van der Waals surface area contributed by atoms with E-state index in [1.54, 1.807) is 33.5 Å². The second-order valence-corrected chi connectivity index (χ2v) is 6.18. The predicted octanol–water partition coefficient (Wildman–Crippen LogP) is 3.73. The molecule has 1 unspecified atom stereocenters. The molecule has 2 aromatic rings. The van der Waals surface area contributed by atoms with Crippen molar-refractivity contribution in [2.24, 2.45) is 0 Å². The molecule has 2 aromatic carbocycles. The molecule has 1 heterocycles. The Morgan fingerprint density at radius 3 is 2.46 bits per heavy atom. The van der Waals surface area contributed by atoms with E-state index >= 15 is 0 Å². The number of rotatable bonds is 5. The fraction of sp³-hybridized carbons (Fsp3) is 0.350. The monoisotopic (exact) mass is 356 g/mol. The molecule has 1 N–H and O–H groups in total. The van der Waals surface area contributed by atoms with Crippen LogP contribution in [-0.4, -0.2) is 45.3 Å². The third-order valence-corrected chi connectivity index (χ3v) is 4.71. The van der Waals surface area contributed by atoms with Crippen LogP contribution in [-0.2, 0) is 0 Å². The van der Waals surface area contributed by atoms with E-state index in [9.17, 15) is 4.79 Å². The van der Waals surface area contributed by atoms with Crippen molar-refractivity contribution in [3.8, 4) is 17.2 Å². The molecule has 0 radical (unpaired) electrons. The maximum atomic E-state index is 12.7. The normalized spacial score (nSPS) is 16.3. The Kier molecular flexibility index (Phi) is 5.51. The molecule has 0 aromatic heterocycles. The van der Waals surface area contributed by atoms with Gasteiger partial charge in [-0.3, -0.25) is 0 Å². The summed E-state index contributed by atoms with van der Waals surface area (Å²) in [5.41, 5.74) is 1.82. The standard InChI is InChI=1S/C20H24N2O4/c1-24-16-9-7-14(8-10-16)15-11-12-22(13-15)20(23)21-17-5-4-6-18(25-2)19(17)26-3/h4-10,15H,11-13H2,1-3H3,(H,21,23). The van der Waals surface area contributed by atoms with Gasteiger partial charge in [0.15, 0.2) is 11.5 Å². The fourth-order valence-electron chi connectivity index (χ4n) is 3.27. The van der Waals surface area contributed by atoms with E-state index in [1.807, 2.05) is 23.1 Å². The first-order chi connectivity index (χ1) is 12.7. The van der Waals surface area contributed by atoms with Crippen LogP contribution < -0.4 is 19.5 Å². The molecule has 0 bridgehead atoms. The molecule has 1 atom stereocenters. The highest BCUT2D eigenvalue weighted by molar-refractivity contribution is 5.91. The van der Waals surface area contributed by atoms with E-state index in [4.69, 9.17) is 14.2 Å². The molecule has 1 aliphatic rings.